The van der Waals surface area contributed by atoms with E-state index in [1.807, 2.05) is 19.9 Å². The summed E-state index contributed by atoms with van der Waals surface area (Å²) in [5.74, 6) is -2.84. The Balaban J connectivity index is 2.19. The second-order valence-electron chi connectivity index (χ2n) is 10.0. The Morgan fingerprint density at radius 2 is 1.56 bits per heavy atom. The number of aromatic amines is 1. The number of hydrogen-bond acceptors (Lipinski definition) is 7. The molecule has 1 aromatic carbocycles. The van der Waals surface area contributed by atoms with Crippen LogP contribution in [0.1, 0.15) is 50.8 Å². The highest BCUT2D eigenvalue weighted by Crippen LogP contribution is 2.10. The molecule has 0 aliphatic carbocycles. The van der Waals surface area contributed by atoms with Crippen LogP contribution in [0.4, 0.5) is 0 Å². The molecule has 9 N–H and O–H groups in total. The lowest BCUT2D eigenvalue weighted by molar-refractivity contribution is -0.142. The molecular weight excluding hydrogens is 502 g/mol. The fourth-order valence-electron chi connectivity index (χ4n) is 4.04. The lowest BCUT2D eigenvalue weighted by atomic mass is 10.00. The van der Waals surface area contributed by atoms with Crippen molar-refractivity contribution < 1.29 is 24.3 Å². The van der Waals surface area contributed by atoms with E-state index in [0.717, 1.165) is 12.0 Å². The maximum absolute atomic E-state index is 13.4. The number of nitrogens with two attached hydrogens (primary N) is 2. The van der Waals surface area contributed by atoms with Crippen LogP contribution in [0.5, 0.6) is 0 Å². The van der Waals surface area contributed by atoms with Gasteiger partial charge in [-0.15, -0.1) is 0 Å². The van der Waals surface area contributed by atoms with Crippen molar-refractivity contribution in [1.29, 1.82) is 0 Å². The first kappa shape index (κ1) is 31.4. The molecule has 2 rings (SSSR count). The van der Waals surface area contributed by atoms with E-state index in [-0.39, 0.29) is 18.8 Å². The van der Waals surface area contributed by atoms with Gasteiger partial charge in [-0.2, -0.15) is 0 Å². The van der Waals surface area contributed by atoms with Gasteiger partial charge < -0.3 is 37.5 Å². The van der Waals surface area contributed by atoms with Gasteiger partial charge >= 0.3 is 5.97 Å². The molecule has 39 heavy (non-hydrogen) atoms. The zero-order chi connectivity index (χ0) is 28.8. The van der Waals surface area contributed by atoms with Crippen LogP contribution in [0, 0.1) is 5.92 Å². The van der Waals surface area contributed by atoms with Crippen LogP contribution in [-0.2, 0) is 32.0 Å². The number of hydrogen-bond donors (Lipinski definition) is 7. The Morgan fingerprint density at radius 3 is 2.15 bits per heavy atom. The SMILES string of the molecule is CC(C)CC(NC(=O)C(N)CCCCN)C(=O)NC(Cc1ccccc1)C(=O)NC(Cc1cnc[nH]1)C(=O)O. The molecule has 0 spiro atoms. The predicted molar refractivity (Wildman–Crippen MR) is 146 cm³/mol. The van der Waals surface area contributed by atoms with Crippen molar-refractivity contribution in [3.8, 4) is 0 Å². The van der Waals surface area contributed by atoms with Crippen molar-refractivity contribution in [1.82, 2.24) is 25.9 Å². The fraction of sp³-hybridized carbons (Fsp3) is 0.519. The summed E-state index contributed by atoms with van der Waals surface area (Å²) in [6.07, 6.45) is 5.19. The van der Waals surface area contributed by atoms with E-state index in [2.05, 4.69) is 25.9 Å². The molecule has 1 aromatic heterocycles. The first-order valence-corrected chi connectivity index (χ1v) is 13.2. The van der Waals surface area contributed by atoms with Crippen LogP contribution in [0.2, 0.25) is 0 Å². The first-order chi connectivity index (χ1) is 18.6. The lowest BCUT2D eigenvalue weighted by Crippen LogP contribution is -2.58. The van der Waals surface area contributed by atoms with Crippen LogP contribution in [0.3, 0.4) is 0 Å². The number of aromatic nitrogens is 2. The molecule has 0 fully saturated rings. The van der Waals surface area contributed by atoms with Gasteiger partial charge in [-0.05, 0) is 37.3 Å². The van der Waals surface area contributed by atoms with E-state index in [9.17, 15) is 24.3 Å². The van der Waals surface area contributed by atoms with Gasteiger partial charge in [0.1, 0.15) is 18.1 Å². The molecule has 0 radical (unpaired) electrons. The maximum atomic E-state index is 13.4. The third-order valence-electron chi connectivity index (χ3n) is 6.16. The Bertz CT molecular complexity index is 1050. The molecule has 2 aromatic rings. The number of aliphatic carboxylic acids is 1. The lowest BCUT2D eigenvalue weighted by Gasteiger charge is -2.26. The van der Waals surface area contributed by atoms with E-state index < -0.39 is 47.9 Å². The van der Waals surface area contributed by atoms with Crippen molar-refractivity contribution in [3.63, 3.8) is 0 Å². The summed E-state index contributed by atoms with van der Waals surface area (Å²) in [5, 5.41) is 17.7. The number of imidazole rings is 1. The molecule has 4 atom stereocenters. The topological polar surface area (TPSA) is 205 Å². The number of nitrogens with zero attached hydrogens (tertiary/aromatic N) is 1. The highest BCUT2D eigenvalue weighted by atomic mass is 16.4. The number of amides is 3. The zero-order valence-electron chi connectivity index (χ0n) is 22.6. The van der Waals surface area contributed by atoms with Gasteiger partial charge in [-0.1, -0.05) is 50.6 Å². The molecule has 1 heterocycles. The third-order valence-corrected chi connectivity index (χ3v) is 6.16. The minimum atomic E-state index is -1.24. The van der Waals surface area contributed by atoms with E-state index >= 15 is 0 Å². The summed E-state index contributed by atoms with van der Waals surface area (Å²) in [4.78, 5) is 58.0. The fourth-order valence-corrected chi connectivity index (χ4v) is 4.04. The van der Waals surface area contributed by atoms with Gasteiger partial charge in [0.2, 0.25) is 17.7 Å². The van der Waals surface area contributed by atoms with Gasteiger partial charge in [-0.3, -0.25) is 14.4 Å². The van der Waals surface area contributed by atoms with Gasteiger partial charge in [0, 0.05) is 24.7 Å². The number of carbonyl (C=O) groups is 4. The minimum absolute atomic E-state index is 0.0127. The molecule has 0 bridgehead atoms. The minimum Gasteiger partial charge on any atom is -0.480 e. The second-order valence-corrected chi connectivity index (χ2v) is 10.0. The summed E-state index contributed by atoms with van der Waals surface area (Å²) in [5.41, 5.74) is 12.8. The number of carboxylic acids is 1. The molecule has 4 unspecified atom stereocenters. The van der Waals surface area contributed by atoms with Gasteiger partial charge in [0.05, 0.1) is 12.4 Å². The van der Waals surface area contributed by atoms with Crippen molar-refractivity contribution in [2.24, 2.45) is 17.4 Å². The summed E-state index contributed by atoms with van der Waals surface area (Å²) >= 11 is 0. The molecule has 0 aliphatic rings. The number of unbranched alkanes of at least 4 members (excludes halogenated alkanes) is 1. The Hall–Kier alpha value is -3.77. The average molecular weight is 544 g/mol. The average Bonchev–Trinajstić information content (AvgIpc) is 3.41. The summed E-state index contributed by atoms with van der Waals surface area (Å²) < 4.78 is 0. The monoisotopic (exact) mass is 543 g/mol. The molecule has 0 aliphatic heterocycles. The molecule has 0 saturated carbocycles. The van der Waals surface area contributed by atoms with Gasteiger partial charge in [0.15, 0.2) is 0 Å². The van der Waals surface area contributed by atoms with Crippen LogP contribution in [-0.4, -0.2) is 69.5 Å². The normalized spacial score (nSPS) is 14.2. The molecule has 0 saturated heterocycles. The predicted octanol–water partition coefficient (Wildman–Crippen LogP) is 0.236. The number of rotatable bonds is 17. The second kappa shape index (κ2) is 16.2. The Kier molecular flexibility index (Phi) is 13.1. The van der Waals surface area contributed by atoms with E-state index in [0.29, 0.717) is 31.5 Å². The molecule has 214 valence electrons. The van der Waals surface area contributed by atoms with Crippen molar-refractivity contribution in [3.05, 3.63) is 54.1 Å². The van der Waals surface area contributed by atoms with Crippen LogP contribution in [0.15, 0.2) is 42.9 Å². The summed E-state index contributed by atoms with van der Waals surface area (Å²) in [6, 6.07) is 4.99. The summed E-state index contributed by atoms with van der Waals surface area (Å²) in [7, 11) is 0. The molecular formula is C27H41N7O5. The van der Waals surface area contributed by atoms with Crippen LogP contribution in [0.25, 0.3) is 0 Å². The number of H-pyrrole nitrogens is 1. The van der Waals surface area contributed by atoms with Crippen LogP contribution >= 0.6 is 0 Å². The van der Waals surface area contributed by atoms with Gasteiger partial charge in [-0.25, -0.2) is 9.78 Å². The molecule has 12 nitrogen and oxygen atoms in total. The van der Waals surface area contributed by atoms with Crippen LogP contribution < -0.4 is 27.4 Å². The number of carboxylic acid groups (broad SMARTS) is 1. The number of benzene rings is 1. The maximum Gasteiger partial charge on any atom is 0.326 e. The zero-order valence-corrected chi connectivity index (χ0v) is 22.6. The quantitative estimate of drug-likeness (QED) is 0.137. The van der Waals surface area contributed by atoms with E-state index in [4.69, 9.17) is 11.5 Å². The number of carbonyl (C=O) groups excluding carboxylic acids is 3. The van der Waals surface area contributed by atoms with Crippen molar-refractivity contribution >= 4 is 23.7 Å². The van der Waals surface area contributed by atoms with Gasteiger partial charge in [0.25, 0.3) is 0 Å². The highest BCUT2D eigenvalue weighted by molar-refractivity contribution is 5.94. The van der Waals surface area contributed by atoms with Crippen molar-refractivity contribution in [2.45, 2.75) is 76.5 Å². The summed E-state index contributed by atoms with van der Waals surface area (Å²) in [6.45, 7) is 4.32. The smallest absolute Gasteiger partial charge is 0.326 e. The molecule has 12 heteroatoms. The largest absolute Gasteiger partial charge is 0.480 e. The van der Waals surface area contributed by atoms with E-state index in [1.165, 1.54) is 12.5 Å². The Morgan fingerprint density at radius 1 is 0.923 bits per heavy atom. The third kappa shape index (κ3) is 11.2. The first-order valence-electron chi connectivity index (χ1n) is 13.2. The highest BCUT2D eigenvalue weighted by Gasteiger charge is 2.31. The molecule has 3 amide bonds. The number of nitrogens with one attached hydrogen (secondary N) is 4. The Labute approximate surface area is 228 Å². The van der Waals surface area contributed by atoms with E-state index in [1.54, 1.807) is 24.3 Å². The van der Waals surface area contributed by atoms with Crippen molar-refractivity contribution in [2.75, 3.05) is 6.54 Å². The standard InChI is InChI=1S/C27H41N7O5/c1-17(2)12-21(32-24(35)20(29)10-6-7-11-28)25(36)33-22(13-18-8-4-3-5-9-18)26(37)34-23(27(38)39)14-19-15-30-16-31-19/h3-5,8-9,15-17,20-23H,6-7,10-14,28-29H2,1-2H3,(H,30,31)(H,32,35)(H,33,36)(H,34,37)(H,38,39).